The van der Waals surface area contributed by atoms with Gasteiger partial charge in [0.05, 0.1) is 5.52 Å². The first-order valence-corrected chi connectivity index (χ1v) is 7.45. The largest absolute Gasteiger partial charge is 0.310 e. The second-order valence-corrected chi connectivity index (χ2v) is 5.55. The fourth-order valence-corrected chi connectivity index (χ4v) is 2.85. The van der Waals surface area contributed by atoms with E-state index in [-0.39, 0.29) is 0 Å². The molecule has 1 heterocycles. The number of pyridine rings is 1. The van der Waals surface area contributed by atoms with Crippen LogP contribution in [0.4, 0.5) is 0 Å². The Labute approximate surface area is 115 Å². The summed E-state index contributed by atoms with van der Waals surface area (Å²) in [4.78, 5) is 4.46. The highest BCUT2D eigenvalue weighted by atomic mass is 14.9. The van der Waals surface area contributed by atoms with Crippen LogP contribution in [0, 0.1) is 5.92 Å². The average Bonchev–Trinajstić information content (AvgIpc) is 3.27. The van der Waals surface area contributed by atoms with Crippen LogP contribution in [-0.4, -0.2) is 11.5 Å². The minimum atomic E-state index is 0.471. The monoisotopic (exact) mass is 254 g/mol. The molecule has 2 aromatic rings. The quantitative estimate of drug-likeness (QED) is 0.840. The van der Waals surface area contributed by atoms with Crippen molar-refractivity contribution in [2.75, 3.05) is 6.54 Å². The topological polar surface area (TPSA) is 24.9 Å². The van der Waals surface area contributed by atoms with Crippen LogP contribution in [0.15, 0.2) is 36.5 Å². The minimum Gasteiger partial charge on any atom is -0.310 e. The molecule has 1 unspecified atom stereocenters. The van der Waals surface area contributed by atoms with E-state index in [0.29, 0.717) is 6.04 Å². The number of fused-ring (bicyclic) bond motifs is 1. The molecule has 19 heavy (non-hydrogen) atoms. The van der Waals surface area contributed by atoms with Gasteiger partial charge < -0.3 is 5.32 Å². The molecule has 2 nitrogen and oxygen atoms in total. The molecular weight excluding hydrogens is 232 g/mol. The molecule has 1 aliphatic rings. The Morgan fingerprint density at radius 2 is 2.16 bits per heavy atom. The smallest absolute Gasteiger partial charge is 0.0705 e. The van der Waals surface area contributed by atoms with Crippen molar-refractivity contribution in [2.24, 2.45) is 5.92 Å². The van der Waals surface area contributed by atoms with Gasteiger partial charge in [0.15, 0.2) is 0 Å². The van der Waals surface area contributed by atoms with Crippen LogP contribution in [0.25, 0.3) is 10.9 Å². The van der Waals surface area contributed by atoms with Crippen molar-refractivity contribution < 1.29 is 0 Å². The van der Waals surface area contributed by atoms with E-state index < -0.39 is 0 Å². The fraction of sp³-hybridized carbons (Fsp3) is 0.471. The Kier molecular flexibility index (Phi) is 3.79. The van der Waals surface area contributed by atoms with Crippen molar-refractivity contribution in [3.05, 3.63) is 42.1 Å². The maximum atomic E-state index is 4.46. The van der Waals surface area contributed by atoms with Gasteiger partial charge in [0, 0.05) is 17.6 Å². The zero-order chi connectivity index (χ0) is 13.1. The predicted octanol–water partition coefficient (Wildman–Crippen LogP) is 4.08. The SMILES string of the molecule is CCNC(CCC1CC1)c1cccc2ncccc12. The summed E-state index contributed by atoms with van der Waals surface area (Å²) in [6.45, 7) is 3.21. The Balaban J connectivity index is 1.89. The summed E-state index contributed by atoms with van der Waals surface area (Å²) in [5, 5.41) is 4.94. The molecule has 100 valence electrons. The van der Waals surface area contributed by atoms with E-state index in [0.717, 1.165) is 18.0 Å². The lowest BCUT2D eigenvalue weighted by molar-refractivity contribution is 0.484. The van der Waals surface area contributed by atoms with E-state index in [1.165, 1.54) is 36.6 Å². The van der Waals surface area contributed by atoms with Gasteiger partial charge >= 0.3 is 0 Å². The first-order chi connectivity index (χ1) is 9.38. The van der Waals surface area contributed by atoms with Crippen LogP contribution in [-0.2, 0) is 0 Å². The molecule has 0 spiro atoms. The summed E-state index contributed by atoms with van der Waals surface area (Å²) >= 11 is 0. The van der Waals surface area contributed by atoms with E-state index in [2.05, 4.69) is 41.5 Å². The van der Waals surface area contributed by atoms with Gasteiger partial charge in [-0.25, -0.2) is 0 Å². The van der Waals surface area contributed by atoms with Crippen LogP contribution in [0.5, 0.6) is 0 Å². The summed E-state index contributed by atoms with van der Waals surface area (Å²) in [5.41, 5.74) is 2.52. The van der Waals surface area contributed by atoms with Crippen LogP contribution in [0.2, 0.25) is 0 Å². The highest BCUT2D eigenvalue weighted by molar-refractivity contribution is 5.82. The number of aromatic nitrogens is 1. The Bertz CT molecular complexity index is 540. The number of hydrogen-bond acceptors (Lipinski definition) is 2. The van der Waals surface area contributed by atoms with Gasteiger partial charge in [-0.05, 0) is 43.0 Å². The lowest BCUT2D eigenvalue weighted by Crippen LogP contribution is -2.21. The highest BCUT2D eigenvalue weighted by Gasteiger charge is 2.23. The van der Waals surface area contributed by atoms with E-state index in [1.807, 2.05) is 12.3 Å². The first-order valence-electron chi connectivity index (χ1n) is 7.45. The summed E-state index contributed by atoms with van der Waals surface area (Å²) in [6, 6.07) is 11.2. The second-order valence-electron chi connectivity index (χ2n) is 5.55. The molecule has 1 atom stereocenters. The number of hydrogen-bond donors (Lipinski definition) is 1. The molecule has 1 aromatic heterocycles. The van der Waals surface area contributed by atoms with Crippen LogP contribution in [0.3, 0.4) is 0 Å². The van der Waals surface area contributed by atoms with Gasteiger partial charge in [-0.3, -0.25) is 4.98 Å². The standard InChI is InChI=1S/C17H22N2/c1-2-18-17(11-10-13-8-9-13)14-5-3-7-16-15(14)6-4-12-19-16/h3-7,12-13,17-18H,2,8-11H2,1H3. The number of rotatable bonds is 6. The van der Waals surface area contributed by atoms with Crippen molar-refractivity contribution in [1.29, 1.82) is 0 Å². The third-order valence-corrected chi connectivity index (χ3v) is 4.07. The lowest BCUT2D eigenvalue weighted by atomic mass is 9.96. The predicted molar refractivity (Wildman–Crippen MR) is 80.1 cm³/mol. The van der Waals surface area contributed by atoms with Gasteiger partial charge in [-0.2, -0.15) is 0 Å². The second kappa shape index (κ2) is 5.70. The van der Waals surface area contributed by atoms with Crippen LogP contribution >= 0.6 is 0 Å². The summed E-state index contributed by atoms with van der Waals surface area (Å²) in [7, 11) is 0. The summed E-state index contributed by atoms with van der Waals surface area (Å²) in [6.07, 6.45) is 7.35. The lowest BCUT2D eigenvalue weighted by Gasteiger charge is -2.20. The van der Waals surface area contributed by atoms with Gasteiger partial charge in [-0.1, -0.05) is 38.0 Å². The molecule has 2 heteroatoms. The normalized spacial score (nSPS) is 16.7. The Hall–Kier alpha value is -1.41. The molecule has 1 aromatic carbocycles. The highest BCUT2D eigenvalue weighted by Crippen LogP contribution is 2.36. The zero-order valence-electron chi connectivity index (χ0n) is 11.6. The van der Waals surface area contributed by atoms with Crippen LogP contribution < -0.4 is 5.32 Å². The molecular formula is C17H22N2. The molecule has 3 rings (SSSR count). The van der Waals surface area contributed by atoms with Gasteiger partial charge in [0.2, 0.25) is 0 Å². The molecule has 0 bridgehead atoms. The van der Waals surface area contributed by atoms with E-state index >= 15 is 0 Å². The molecule has 1 N–H and O–H groups in total. The minimum absolute atomic E-state index is 0.471. The zero-order valence-corrected chi connectivity index (χ0v) is 11.6. The van der Waals surface area contributed by atoms with Crippen molar-refractivity contribution in [3.8, 4) is 0 Å². The first kappa shape index (κ1) is 12.6. The molecule has 1 fully saturated rings. The van der Waals surface area contributed by atoms with E-state index in [4.69, 9.17) is 0 Å². The fourth-order valence-electron chi connectivity index (χ4n) is 2.85. The summed E-state index contributed by atoms with van der Waals surface area (Å²) < 4.78 is 0. The van der Waals surface area contributed by atoms with Gasteiger partial charge in [0.25, 0.3) is 0 Å². The molecule has 1 saturated carbocycles. The van der Waals surface area contributed by atoms with Crippen molar-refractivity contribution in [2.45, 2.75) is 38.6 Å². The summed E-state index contributed by atoms with van der Waals surface area (Å²) in [5.74, 6) is 0.995. The molecule has 0 aliphatic heterocycles. The Morgan fingerprint density at radius 1 is 1.26 bits per heavy atom. The number of nitrogens with zero attached hydrogens (tertiary/aromatic N) is 1. The van der Waals surface area contributed by atoms with E-state index in [1.54, 1.807) is 0 Å². The molecule has 0 saturated heterocycles. The van der Waals surface area contributed by atoms with Crippen molar-refractivity contribution in [1.82, 2.24) is 10.3 Å². The molecule has 1 aliphatic carbocycles. The Morgan fingerprint density at radius 3 is 2.95 bits per heavy atom. The van der Waals surface area contributed by atoms with Crippen molar-refractivity contribution >= 4 is 10.9 Å². The van der Waals surface area contributed by atoms with Gasteiger partial charge in [0.1, 0.15) is 0 Å². The third kappa shape index (κ3) is 2.95. The van der Waals surface area contributed by atoms with Crippen LogP contribution in [0.1, 0.15) is 44.2 Å². The maximum Gasteiger partial charge on any atom is 0.0705 e. The number of nitrogens with one attached hydrogen (secondary N) is 1. The molecule has 0 radical (unpaired) electrons. The van der Waals surface area contributed by atoms with E-state index in [9.17, 15) is 0 Å². The number of benzene rings is 1. The van der Waals surface area contributed by atoms with Gasteiger partial charge in [-0.15, -0.1) is 0 Å². The average molecular weight is 254 g/mol. The molecule has 0 amide bonds. The third-order valence-electron chi connectivity index (χ3n) is 4.07. The van der Waals surface area contributed by atoms with Crippen molar-refractivity contribution in [3.63, 3.8) is 0 Å². The maximum absolute atomic E-state index is 4.46.